The van der Waals surface area contributed by atoms with Crippen LogP contribution in [0.2, 0.25) is 5.02 Å². The lowest BCUT2D eigenvalue weighted by atomic mass is 10.1. The predicted molar refractivity (Wildman–Crippen MR) is 87.2 cm³/mol. The number of carbonyl (C=O) groups is 1. The van der Waals surface area contributed by atoms with E-state index in [0.29, 0.717) is 32.7 Å². The van der Waals surface area contributed by atoms with Gasteiger partial charge in [0.2, 0.25) is 10.0 Å². The molecule has 1 aromatic carbocycles. The SMILES string of the molecule is O=C(O)c1cccc(CN2CCN(S(=O)(=O)C3CC3)CC2)c1Cl. The van der Waals surface area contributed by atoms with Crippen molar-refractivity contribution in [2.45, 2.75) is 24.6 Å². The fraction of sp³-hybridized carbons (Fsp3) is 0.533. The van der Waals surface area contributed by atoms with Gasteiger partial charge in [-0.3, -0.25) is 4.90 Å². The summed E-state index contributed by atoms with van der Waals surface area (Å²) in [5.41, 5.74) is 0.851. The van der Waals surface area contributed by atoms with Gasteiger partial charge < -0.3 is 5.11 Å². The van der Waals surface area contributed by atoms with Crippen molar-refractivity contribution in [1.82, 2.24) is 9.21 Å². The van der Waals surface area contributed by atoms with Crippen LogP contribution < -0.4 is 0 Å². The minimum atomic E-state index is -3.11. The monoisotopic (exact) mass is 358 g/mol. The summed E-state index contributed by atoms with van der Waals surface area (Å²) >= 11 is 6.16. The van der Waals surface area contributed by atoms with E-state index in [2.05, 4.69) is 4.90 Å². The average Bonchev–Trinajstić information content (AvgIpc) is 3.35. The Morgan fingerprint density at radius 2 is 1.87 bits per heavy atom. The second-order valence-corrected chi connectivity index (χ2v) is 8.59. The Morgan fingerprint density at radius 3 is 2.43 bits per heavy atom. The van der Waals surface area contributed by atoms with Crippen molar-refractivity contribution in [3.63, 3.8) is 0 Å². The van der Waals surface area contributed by atoms with Crippen LogP contribution in [0.15, 0.2) is 18.2 Å². The van der Waals surface area contributed by atoms with Crippen LogP contribution in [0.3, 0.4) is 0 Å². The minimum Gasteiger partial charge on any atom is -0.478 e. The molecule has 126 valence electrons. The van der Waals surface area contributed by atoms with Gasteiger partial charge in [-0.05, 0) is 24.5 Å². The van der Waals surface area contributed by atoms with Gasteiger partial charge in [0.05, 0.1) is 15.8 Å². The van der Waals surface area contributed by atoms with Crippen LogP contribution in [-0.2, 0) is 16.6 Å². The average molecular weight is 359 g/mol. The van der Waals surface area contributed by atoms with E-state index in [1.807, 2.05) is 6.07 Å². The van der Waals surface area contributed by atoms with Crippen molar-refractivity contribution >= 4 is 27.6 Å². The van der Waals surface area contributed by atoms with Crippen LogP contribution in [0.5, 0.6) is 0 Å². The number of benzene rings is 1. The molecule has 1 aliphatic heterocycles. The molecule has 2 aliphatic rings. The van der Waals surface area contributed by atoms with Crippen molar-refractivity contribution in [2.75, 3.05) is 26.2 Å². The maximum Gasteiger partial charge on any atom is 0.337 e. The molecule has 0 atom stereocenters. The highest BCUT2D eigenvalue weighted by molar-refractivity contribution is 7.90. The maximum absolute atomic E-state index is 12.2. The quantitative estimate of drug-likeness (QED) is 0.865. The van der Waals surface area contributed by atoms with Crippen LogP contribution in [0.1, 0.15) is 28.8 Å². The number of aromatic carboxylic acids is 1. The largest absolute Gasteiger partial charge is 0.478 e. The zero-order valence-corrected chi connectivity index (χ0v) is 14.2. The number of piperazine rings is 1. The van der Waals surface area contributed by atoms with Crippen molar-refractivity contribution in [3.05, 3.63) is 34.3 Å². The smallest absolute Gasteiger partial charge is 0.337 e. The highest BCUT2D eigenvalue weighted by Crippen LogP contribution is 2.31. The molecule has 1 aromatic rings. The molecule has 1 heterocycles. The Labute approximate surface area is 140 Å². The van der Waals surface area contributed by atoms with Crippen molar-refractivity contribution < 1.29 is 18.3 Å². The molecular formula is C15H19ClN2O4S. The maximum atomic E-state index is 12.2. The summed E-state index contributed by atoms with van der Waals surface area (Å²) in [6.07, 6.45) is 1.56. The number of nitrogens with zero attached hydrogens (tertiary/aromatic N) is 2. The molecule has 0 spiro atoms. The summed E-state index contributed by atoms with van der Waals surface area (Å²) in [4.78, 5) is 13.2. The first-order chi connectivity index (χ1) is 10.9. The second kappa shape index (κ2) is 6.39. The number of hydrogen-bond acceptors (Lipinski definition) is 4. The Kier molecular flexibility index (Phi) is 4.64. The van der Waals surface area contributed by atoms with E-state index in [1.54, 1.807) is 10.4 Å². The highest BCUT2D eigenvalue weighted by Gasteiger charge is 2.40. The minimum absolute atomic E-state index is 0.0964. The fourth-order valence-electron chi connectivity index (χ4n) is 2.83. The molecule has 0 amide bonds. The third-order valence-electron chi connectivity index (χ3n) is 4.34. The van der Waals surface area contributed by atoms with E-state index in [1.165, 1.54) is 6.07 Å². The molecule has 2 fully saturated rings. The van der Waals surface area contributed by atoms with E-state index in [0.717, 1.165) is 18.4 Å². The van der Waals surface area contributed by atoms with Gasteiger partial charge in [0.1, 0.15) is 0 Å². The lowest BCUT2D eigenvalue weighted by Gasteiger charge is -2.34. The van der Waals surface area contributed by atoms with Gasteiger partial charge in [0, 0.05) is 32.7 Å². The standard InChI is InChI=1S/C15H19ClN2O4S/c16-14-11(2-1-3-13(14)15(19)20)10-17-6-8-18(9-7-17)23(21,22)12-4-5-12/h1-3,12H,4-10H2,(H,19,20). The van der Waals surface area contributed by atoms with Gasteiger partial charge in [-0.25, -0.2) is 13.2 Å². The van der Waals surface area contributed by atoms with Gasteiger partial charge in [-0.1, -0.05) is 23.7 Å². The summed E-state index contributed by atoms with van der Waals surface area (Å²) in [6, 6.07) is 4.97. The van der Waals surface area contributed by atoms with E-state index in [4.69, 9.17) is 16.7 Å². The molecule has 23 heavy (non-hydrogen) atoms. The van der Waals surface area contributed by atoms with Crippen LogP contribution in [0, 0.1) is 0 Å². The van der Waals surface area contributed by atoms with Gasteiger partial charge in [0.15, 0.2) is 0 Å². The van der Waals surface area contributed by atoms with Gasteiger partial charge >= 0.3 is 5.97 Å². The summed E-state index contributed by atoms with van der Waals surface area (Å²) in [7, 11) is -3.11. The van der Waals surface area contributed by atoms with Gasteiger partial charge in [0.25, 0.3) is 0 Å². The molecule has 1 N–H and O–H groups in total. The predicted octanol–water partition coefficient (Wildman–Crippen LogP) is 1.65. The van der Waals surface area contributed by atoms with Crippen LogP contribution in [0.25, 0.3) is 0 Å². The number of halogens is 1. The third-order valence-corrected chi connectivity index (χ3v) is 7.18. The topological polar surface area (TPSA) is 77.9 Å². The van der Waals surface area contributed by atoms with Gasteiger partial charge in [-0.2, -0.15) is 4.31 Å². The summed E-state index contributed by atoms with van der Waals surface area (Å²) in [6.45, 7) is 2.74. The Balaban J connectivity index is 1.63. The summed E-state index contributed by atoms with van der Waals surface area (Å²) in [5, 5.41) is 9.19. The lowest BCUT2D eigenvalue weighted by Crippen LogP contribution is -2.49. The van der Waals surface area contributed by atoms with Crippen molar-refractivity contribution in [1.29, 1.82) is 0 Å². The molecule has 0 unspecified atom stereocenters. The van der Waals surface area contributed by atoms with E-state index in [-0.39, 0.29) is 15.8 Å². The van der Waals surface area contributed by atoms with E-state index >= 15 is 0 Å². The van der Waals surface area contributed by atoms with Crippen LogP contribution in [0.4, 0.5) is 0 Å². The van der Waals surface area contributed by atoms with Crippen LogP contribution in [-0.4, -0.2) is 60.1 Å². The van der Waals surface area contributed by atoms with E-state index < -0.39 is 16.0 Å². The summed E-state index contributed by atoms with van der Waals surface area (Å²) in [5.74, 6) is -1.04. The number of carboxylic acid groups (broad SMARTS) is 1. The molecule has 1 saturated heterocycles. The Hall–Kier alpha value is -1.15. The number of sulfonamides is 1. The fourth-order valence-corrected chi connectivity index (χ4v) is 4.92. The first-order valence-corrected chi connectivity index (χ1v) is 9.49. The number of hydrogen-bond donors (Lipinski definition) is 1. The number of carboxylic acids is 1. The molecule has 0 radical (unpaired) electrons. The second-order valence-electron chi connectivity index (χ2n) is 6.00. The summed E-state index contributed by atoms with van der Waals surface area (Å²) < 4.78 is 26.0. The lowest BCUT2D eigenvalue weighted by molar-refractivity contribution is 0.0696. The molecule has 1 saturated carbocycles. The van der Waals surface area contributed by atoms with Gasteiger partial charge in [-0.15, -0.1) is 0 Å². The first kappa shape index (κ1) is 16.7. The molecule has 6 nitrogen and oxygen atoms in total. The number of rotatable bonds is 5. The zero-order valence-electron chi connectivity index (χ0n) is 12.6. The Bertz CT molecular complexity index is 710. The molecule has 1 aliphatic carbocycles. The van der Waals surface area contributed by atoms with Crippen LogP contribution >= 0.6 is 11.6 Å². The zero-order chi connectivity index (χ0) is 16.6. The highest BCUT2D eigenvalue weighted by atomic mass is 35.5. The molecule has 0 aromatic heterocycles. The normalized spacial score (nSPS) is 20.6. The molecule has 0 bridgehead atoms. The van der Waals surface area contributed by atoms with Crippen molar-refractivity contribution in [2.24, 2.45) is 0 Å². The van der Waals surface area contributed by atoms with Crippen molar-refractivity contribution in [3.8, 4) is 0 Å². The Morgan fingerprint density at radius 1 is 1.22 bits per heavy atom. The molecular weight excluding hydrogens is 340 g/mol. The molecule has 3 rings (SSSR count). The molecule has 8 heteroatoms. The first-order valence-electron chi connectivity index (χ1n) is 7.61. The van der Waals surface area contributed by atoms with E-state index in [9.17, 15) is 13.2 Å². The third kappa shape index (κ3) is 3.52.